The first kappa shape index (κ1) is 33.6. The van der Waals surface area contributed by atoms with Gasteiger partial charge >= 0.3 is 18.0 Å². The van der Waals surface area contributed by atoms with Gasteiger partial charge in [0.1, 0.15) is 12.2 Å². The van der Waals surface area contributed by atoms with Crippen LogP contribution in [0.3, 0.4) is 0 Å². The second kappa shape index (κ2) is 14.2. The molecule has 4 rings (SSSR count). The molecule has 2 aliphatic rings. The molecule has 45 heavy (non-hydrogen) atoms. The first-order chi connectivity index (χ1) is 21.2. The summed E-state index contributed by atoms with van der Waals surface area (Å²) in [5.74, 6) is -4.34. The third kappa shape index (κ3) is 8.44. The van der Waals surface area contributed by atoms with Gasteiger partial charge in [-0.15, -0.1) is 0 Å². The molecule has 2 aromatic carbocycles. The fourth-order valence-corrected chi connectivity index (χ4v) is 5.75. The summed E-state index contributed by atoms with van der Waals surface area (Å²) in [5, 5.41) is 2.67. The molecule has 0 heterocycles. The highest BCUT2D eigenvalue weighted by Crippen LogP contribution is 2.44. The fourth-order valence-electron chi connectivity index (χ4n) is 5.75. The standard InChI is InChI=1S/C35H41NO9/c1-20(2)31(36-34(42)43-19-26-24-12-8-6-10-22(24)23-11-7-9-13-25(23)26)29(39)18-21(33(41)45-35(3,4)5)14-17-30(40)44-32-27(37)15-16-28(32)38/h6-13,20-21,26,31-32H,14-19H2,1-5H3,(H,36,42)/t21-,31+/m1/s1. The van der Waals surface area contributed by atoms with Gasteiger partial charge in [-0.25, -0.2) is 4.79 Å². The molecule has 1 saturated carbocycles. The zero-order valence-corrected chi connectivity index (χ0v) is 26.4. The first-order valence-corrected chi connectivity index (χ1v) is 15.4. The molecular formula is C35H41NO9. The Bertz CT molecular complexity index is 1410. The number of rotatable bonds is 12. The van der Waals surface area contributed by atoms with E-state index >= 15 is 0 Å². The van der Waals surface area contributed by atoms with Crippen molar-refractivity contribution >= 4 is 35.4 Å². The molecule has 0 spiro atoms. The minimum absolute atomic E-state index is 0.0269. The highest BCUT2D eigenvalue weighted by molar-refractivity contribution is 6.12. The Kier molecular flexibility index (Phi) is 10.6. The van der Waals surface area contributed by atoms with Gasteiger partial charge in [0.15, 0.2) is 17.3 Å². The summed E-state index contributed by atoms with van der Waals surface area (Å²) in [4.78, 5) is 75.8. The molecule has 240 valence electrons. The average Bonchev–Trinajstić information content (AvgIpc) is 3.47. The minimum Gasteiger partial charge on any atom is -0.460 e. The molecule has 2 aromatic rings. The second-order valence-electron chi connectivity index (χ2n) is 12.9. The molecule has 2 aliphatic carbocycles. The molecule has 0 aromatic heterocycles. The number of ketones is 3. The summed E-state index contributed by atoms with van der Waals surface area (Å²) >= 11 is 0. The van der Waals surface area contributed by atoms with Crippen LogP contribution in [0.4, 0.5) is 4.79 Å². The van der Waals surface area contributed by atoms with E-state index in [-0.39, 0.29) is 50.5 Å². The molecule has 0 bridgehead atoms. The van der Waals surface area contributed by atoms with E-state index in [1.165, 1.54) is 0 Å². The number of benzene rings is 2. The second-order valence-corrected chi connectivity index (χ2v) is 12.9. The molecule has 0 saturated heterocycles. The number of carbonyl (C=O) groups excluding carboxylic acids is 6. The van der Waals surface area contributed by atoms with Crippen LogP contribution in [0, 0.1) is 11.8 Å². The van der Waals surface area contributed by atoms with Crippen LogP contribution in [0.5, 0.6) is 0 Å². The lowest BCUT2D eigenvalue weighted by atomic mass is 9.90. The summed E-state index contributed by atoms with van der Waals surface area (Å²) in [7, 11) is 0. The third-order valence-electron chi connectivity index (χ3n) is 7.97. The zero-order valence-electron chi connectivity index (χ0n) is 26.4. The van der Waals surface area contributed by atoms with Crippen LogP contribution in [0.15, 0.2) is 48.5 Å². The molecule has 0 unspecified atom stereocenters. The van der Waals surface area contributed by atoms with Gasteiger partial charge in [-0.1, -0.05) is 62.4 Å². The molecule has 2 atom stereocenters. The molecule has 1 N–H and O–H groups in total. The Balaban J connectivity index is 1.39. The average molecular weight is 620 g/mol. The molecule has 0 aliphatic heterocycles. The number of ether oxygens (including phenoxy) is 3. The van der Waals surface area contributed by atoms with Gasteiger partial charge in [0.05, 0.1) is 12.0 Å². The first-order valence-electron chi connectivity index (χ1n) is 15.4. The Labute approximate surface area is 263 Å². The number of alkyl carbamates (subject to hydrolysis) is 1. The minimum atomic E-state index is -1.41. The summed E-state index contributed by atoms with van der Waals surface area (Å²) in [5.41, 5.74) is 3.46. The van der Waals surface area contributed by atoms with Crippen molar-refractivity contribution in [3.05, 3.63) is 59.7 Å². The van der Waals surface area contributed by atoms with Gasteiger partial charge in [0.2, 0.25) is 6.10 Å². The van der Waals surface area contributed by atoms with E-state index in [0.29, 0.717) is 0 Å². The van der Waals surface area contributed by atoms with Crippen molar-refractivity contribution in [1.82, 2.24) is 5.32 Å². The van der Waals surface area contributed by atoms with E-state index < -0.39 is 59.0 Å². The van der Waals surface area contributed by atoms with E-state index in [4.69, 9.17) is 14.2 Å². The predicted molar refractivity (Wildman–Crippen MR) is 164 cm³/mol. The predicted octanol–water partition coefficient (Wildman–Crippen LogP) is 5.09. The Morgan fingerprint density at radius 3 is 1.98 bits per heavy atom. The molecule has 10 nitrogen and oxygen atoms in total. The smallest absolute Gasteiger partial charge is 0.407 e. The van der Waals surface area contributed by atoms with Crippen molar-refractivity contribution in [3.63, 3.8) is 0 Å². The largest absolute Gasteiger partial charge is 0.460 e. The number of esters is 2. The maximum Gasteiger partial charge on any atom is 0.407 e. The van der Waals surface area contributed by atoms with Gasteiger partial charge in [-0.05, 0) is 55.4 Å². The van der Waals surface area contributed by atoms with Crippen molar-refractivity contribution in [1.29, 1.82) is 0 Å². The highest BCUT2D eigenvalue weighted by Gasteiger charge is 2.37. The number of nitrogens with one attached hydrogen (secondary N) is 1. The maximum atomic E-state index is 13.5. The van der Waals surface area contributed by atoms with Crippen LogP contribution < -0.4 is 5.32 Å². The lowest BCUT2D eigenvalue weighted by Gasteiger charge is -2.26. The Morgan fingerprint density at radius 1 is 0.889 bits per heavy atom. The van der Waals surface area contributed by atoms with E-state index in [0.717, 1.165) is 22.3 Å². The SMILES string of the molecule is CC(C)[C@H](NC(=O)OCC1c2ccccc2-c2ccccc21)C(=O)C[C@@H](CCC(=O)OC1C(=O)CCC1=O)C(=O)OC(C)(C)C. The van der Waals surface area contributed by atoms with Crippen LogP contribution in [0.25, 0.3) is 11.1 Å². The number of carbonyl (C=O) groups is 6. The molecule has 1 fully saturated rings. The summed E-state index contributed by atoms with van der Waals surface area (Å²) in [6, 6.07) is 15.0. The Morgan fingerprint density at radius 2 is 1.44 bits per heavy atom. The number of amides is 1. The zero-order chi connectivity index (χ0) is 32.9. The van der Waals surface area contributed by atoms with Gasteiger partial charge in [-0.3, -0.25) is 24.0 Å². The van der Waals surface area contributed by atoms with E-state index in [2.05, 4.69) is 5.32 Å². The van der Waals surface area contributed by atoms with Gasteiger partial charge in [0, 0.05) is 31.6 Å². The molecule has 10 heteroatoms. The van der Waals surface area contributed by atoms with Gasteiger partial charge in [-0.2, -0.15) is 0 Å². The topological polar surface area (TPSA) is 142 Å². The normalized spacial score (nSPS) is 16.1. The van der Waals surface area contributed by atoms with Gasteiger partial charge in [0.25, 0.3) is 0 Å². The summed E-state index contributed by atoms with van der Waals surface area (Å²) < 4.78 is 16.2. The summed E-state index contributed by atoms with van der Waals surface area (Å²) in [6.07, 6.45) is -2.84. The number of fused-ring (bicyclic) bond motifs is 3. The van der Waals surface area contributed by atoms with E-state index in [1.807, 2.05) is 48.5 Å². The van der Waals surface area contributed by atoms with Crippen molar-refractivity contribution in [2.24, 2.45) is 11.8 Å². The van der Waals surface area contributed by atoms with E-state index in [9.17, 15) is 28.8 Å². The number of hydrogen-bond donors (Lipinski definition) is 1. The lowest BCUT2D eigenvalue weighted by molar-refractivity contribution is -0.163. The quantitative estimate of drug-likeness (QED) is 0.195. The van der Waals surface area contributed by atoms with Crippen LogP contribution in [-0.2, 0) is 38.2 Å². The summed E-state index contributed by atoms with van der Waals surface area (Å²) in [6.45, 7) is 8.66. The van der Waals surface area contributed by atoms with Crippen molar-refractivity contribution in [3.8, 4) is 11.1 Å². The number of Topliss-reactive ketones (excluding diaryl/α,β-unsaturated/α-hetero) is 3. The van der Waals surface area contributed by atoms with Crippen LogP contribution in [0.2, 0.25) is 0 Å². The van der Waals surface area contributed by atoms with Crippen LogP contribution in [0.1, 0.15) is 83.8 Å². The lowest BCUT2D eigenvalue weighted by Crippen LogP contribution is -2.46. The number of hydrogen-bond acceptors (Lipinski definition) is 9. The van der Waals surface area contributed by atoms with Crippen molar-refractivity contribution in [2.45, 2.75) is 90.4 Å². The maximum absolute atomic E-state index is 13.5. The van der Waals surface area contributed by atoms with Gasteiger partial charge < -0.3 is 19.5 Å². The molecule has 1 amide bonds. The Hall–Kier alpha value is -4.34. The van der Waals surface area contributed by atoms with Crippen molar-refractivity contribution < 1.29 is 43.0 Å². The van der Waals surface area contributed by atoms with E-state index in [1.54, 1.807) is 34.6 Å². The highest BCUT2D eigenvalue weighted by atomic mass is 16.6. The van der Waals surface area contributed by atoms with Crippen LogP contribution in [-0.4, -0.2) is 59.7 Å². The molecular weight excluding hydrogens is 578 g/mol. The van der Waals surface area contributed by atoms with Crippen LogP contribution >= 0.6 is 0 Å². The third-order valence-corrected chi connectivity index (χ3v) is 7.97. The fraction of sp³-hybridized carbons (Fsp3) is 0.486. The van der Waals surface area contributed by atoms with Crippen molar-refractivity contribution in [2.75, 3.05) is 6.61 Å². The molecule has 0 radical (unpaired) electrons. The monoisotopic (exact) mass is 619 g/mol.